The Hall–Kier alpha value is -0.740. The smallest absolute Gasteiger partial charge is 0.422 e. The highest BCUT2D eigenvalue weighted by molar-refractivity contribution is 5.71. The molecule has 2 nitrogen and oxygen atoms in total. The predicted octanol–water partition coefficient (Wildman–Crippen LogP) is 2.14. The summed E-state index contributed by atoms with van der Waals surface area (Å²) < 4.78 is 38.5. The van der Waals surface area contributed by atoms with Gasteiger partial charge in [-0.3, -0.25) is 4.79 Å². The Labute approximate surface area is 68.7 Å². The summed E-state index contributed by atoms with van der Waals surface area (Å²) in [5.41, 5.74) is 0. The van der Waals surface area contributed by atoms with Gasteiger partial charge in [0.2, 0.25) is 0 Å². The maximum absolute atomic E-state index is 11.5. The highest BCUT2D eigenvalue weighted by atomic mass is 19.4. The quantitative estimate of drug-likeness (QED) is 0.628. The van der Waals surface area contributed by atoms with Crippen molar-refractivity contribution in [2.24, 2.45) is 5.92 Å². The number of esters is 1. The minimum absolute atomic E-state index is 0.465. The molecule has 1 unspecified atom stereocenters. The molecule has 0 rings (SSSR count). The van der Waals surface area contributed by atoms with Crippen molar-refractivity contribution in [2.75, 3.05) is 6.61 Å². The summed E-state index contributed by atoms with van der Waals surface area (Å²) in [6.45, 7) is 1.74. The number of hydrogen-bond acceptors (Lipinski definition) is 2. The molecule has 0 aromatic heterocycles. The van der Waals surface area contributed by atoms with Crippen LogP contribution in [-0.4, -0.2) is 18.8 Å². The molecule has 0 aromatic rings. The van der Waals surface area contributed by atoms with Crippen molar-refractivity contribution in [1.82, 2.24) is 0 Å². The van der Waals surface area contributed by atoms with Gasteiger partial charge in [-0.2, -0.15) is 13.2 Å². The van der Waals surface area contributed by atoms with Crippen LogP contribution in [0.2, 0.25) is 0 Å². The normalized spacial score (nSPS) is 14.1. The summed E-state index contributed by atoms with van der Waals surface area (Å²) in [6, 6.07) is 0. The highest BCUT2D eigenvalue weighted by Crippen LogP contribution is 2.15. The summed E-state index contributed by atoms with van der Waals surface area (Å²) in [5.74, 6) is -1.26. The lowest BCUT2D eigenvalue weighted by atomic mass is 10.1. The topological polar surface area (TPSA) is 26.3 Å². The molecule has 0 saturated heterocycles. The van der Waals surface area contributed by atoms with Crippen LogP contribution >= 0.6 is 0 Å². The van der Waals surface area contributed by atoms with Crippen molar-refractivity contribution in [1.29, 1.82) is 0 Å². The first kappa shape index (κ1) is 11.3. The van der Waals surface area contributed by atoms with E-state index < -0.39 is 24.7 Å². The molecule has 0 aliphatic rings. The molecule has 0 N–H and O–H groups in total. The summed E-state index contributed by atoms with van der Waals surface area (Å²) in [7, 11) is 0. The Balaban J connectivity index is 3.72. The molecular formula is C7H11F3O2. The van der Waals surface area contributed by atoms with Gasteiger partial charge in [0.25, 0.3) is 0 Å². The van der Waals surface area contributed by atoms with Crippen molar-refractivity contribution >= 4 is 5.97 Å². The molecule has 5 heteroatoms. The van der Waals surface area contributed by atoms with E-state index in [1.54, 1.807) is 6.92 Å². The maximum Gasteiger partial charge on any atom is 0.422 e. The molecule has 0 fully saturated rings. The number of carbonyl (C=O) groups excluding carboxylic acids is 1. The zero-order valence-corrected chi connectivity index (χ0v) is 6.94. The second-order valence-corrected chi connectivity index (χ2v) is 2.53. The monoisotopic (exact) mass is 184 g/mol. The molecule has 0 bridgehead atoms. The number of ether oxygens (including phenoxy) is 1. The van der Waals surface area contributed by atoms with Gasteiger partial charge in [0.05, 0.1) is 5.92 Å². The molecule has 0 radical (unpaired) electrons. The number of alkyl halides is 3. The molecule has 0 aromatic carbocycles. The van der Waals surface area contributed by atoms with Crippen molar-refractivity contribution in [3.8, 4) is 0 Å². The van der Waals surface area contributed by atoms with Gasteiger partial charge in [0, 0.05) is 0 Å². The Morgan fingerprint density at radius 1 is 1.50 bits per heavy atom. The lowest BCUT2D eigenvalue weighted by Gasteiger charge is -2.10. The van der Waals surface area contributed by atoms with Crippen molar-refractivity contribution in [3.63, 3.8) is 0 Å². The van der Waals surface area contributed by atoms with Gasteiger partial charge >= 0.3 is 12.1 Å². The molecule has 0 heterocycles. The van der Waals surface area contributed by atoms with Crippen molar-refractivity contribution < 1.29 is 22.7 Å². The molecular weight excluding hydrogens is 173 g/mol. The van der Waals surface area contributed by atoms with Crippen LogP contribution in [0.1, 0.15) is 20.3 Å². The van der Waals surface area contributed by atoms with Crippen LogP contribution in [0.15, 0.2) is 0 Å². The average molecular weight is 184 g/mol. The van der Waals surface area contributed by atoms with E-state index in [1.807, 2.05) is 0 Å². The Morgan fingerprint density at radius 2 is 2.00 bits per heavy atom. The van der Waals surface area contributed by atoms with Crippen LogP contribution in [0.5, 0.6) is 0 Å². The van der Waals surface area contributed by atoms with Crippen LogP contribution in [0.25, 0.3) is 0 Å². The maximum atomic E-state index is 11.5. The zero-order valence-electron chi connectivity index (χ0n) is 6.94. The van der Waals surface area contributed by atoms with Gasteiger partial charge < -0.3 is 4.74 Å². The summed E-state index contributed by atoms with van der Waals surface area (Å²) in [6.07, 6.45) is -3.94. The molecule has 0 spiro atoms. The molecule has 0 amide bonds. The second-order valence-electron chi connectivity index (χ2n) is 2.53. The predicted molar refractivity (Wildman–Crippen MR) is 36.5 cm³/mol. The van der Waals surface area contributed by atoms with Gasteiger partial charge in [-0.25, -0.2) is 0 Å². The van der Waals surface area contributed by atoms with Gasteiger partial charge in [0.15, 0.2) is 6.61 Å². The summed E-state index contributed by atoms with van der Waals surface area (Å²) in [4.78, 5) is 10.7. The minimum atomic E-state index is -4.43. The third kappa shape index (κ3) is 4.98. The fourth-order valence-electron chi connectivity index (χ4n) is 0.462. The zero-order chi connectivity index (χ0) is 9.78. The van der Waals surface area contributed by atoms with Gasteiger partial charge in [-0.05, 0) is 6.42 Å². The van der Waals surface area contributed by atoms with Gasteiger partial charge in [-0.1, -0.05) is 13.8 Å². The van der Waals surface area contributed by atoms with Crippen LogP contribution in [-0.2, 0) is 9.53 Å². The first-order valence-electron chi connectivity index (χ1n) is 3.60. The third-order valence-electron chi connectivity index (χ3n) is 1.39. The number of halogens is 3. The van der Waals surface area contributed by atoms with E-state index in [2.05, 4.69) is 4.74 Å². The van der Waals surface area contributed by atoms with Crippen molar-refractivity contribution in [2.45, 2.75) is 26.4 Å². The molecule has 0 aliphatic carbocycles. The van der Waals surface area contributed by atoms with E-state index >= 15 is 0 Å². The number of rotatable bonds is 3. The third-order valence-corrected chi connectivity index (χ3v) is 1.39. The average Bonchev–Trinajstić information content (AvgIpc) is 1.97. The van der Waals surface area contributed by atoms with Crippen LogP contribution in [0.4, 0.5) is 13.2 Å². The fraction of sp³-hybridized carbons (Fsp3) is 0.857. The summed E-state index contributed by atoms with van der Waals surface area (Å²) >= 11 is 0. The van der Waals surface area contributed by atoms with Crippen LogP contribution < -0.4 is 0 Å². The van der Waals surface area contributed by atoms with E-state index in [1.165, 1.54) is 6.92 Å². The van der Waals surface area contributed by atoms with Crippen LogP contribution in [0, 0.1) is 5.92 Å². The first-order chi connectivity index (χ1) is 5.37. The molecule has 0 saturated carbocycles. The van der Waals surface area contributed by atoms with Crippen molar-refractivity contribution in [3.05, 3.63) is 0 Å². The van der Waals surface area contributed by atoms with E-state index in [9.17, 15) is 18.0 Å². The van der Waals surface area contributed by atoms with E-state index in [-0.39, 0.29) is 0 Å². The van der Waals surface area contributed by atoms with Crippen LogP contribution in [0.3, 0.4) is 0 Å². The number of carbonyl (C=O) groups is 1. The lowest BCUT2D eigenvalue weighted by molar-refractivity contribution is -0.188. The highest BCUT2D eigenvalue weighted by Gasteiger charge is 2.30. The van der Waals surface area contributed by atoms with E-state index in [4.69, 9.17) is 0 Å². The molecule has 72 valence electrons. The number of hydrogen-bond donors (Lipinski definition) is 0. The Morgan fingerprint density at radius 3 is 2.33 bits per heavy atom. The molecule has 0 aliphatic heterocycles. The van der Waals surface area contributed by atoms with E-state index in [0.29, 0.717) is 6.42 Å². The molecule has 1 atom stereocenters. The molecule has 12 heavy (non-hydrogen) atoms. The largest absolute Gasteiger partial charge is 0.456 e. The Bertz CT molecular complexity index is 153. The Kier molecular flexibility index (Phi) is 4.06. The SMILES string of the molecule is CCC(C)C(=O)OCC(F)(F)F. The lowest BCUT2D eigenvalue weighted by Crippen LogP contribution is -2.23. The fourth-order valence-corrected chi connectivity index (χ4v) is 0.462. The van der Waals surface area contributed by atoms with Gasteiger partial charge in [0.1, 0.15) is 0 Å². The van der Waals surface area contributed by atoms with E-state index in [0.717, 1.165) is 0 Å². The van der Waals surface area contributed by atoms with Gasteiger partial charge in [-0.15, -0.1) is 0 Å². The standard InChI is InChI=1S/C7H11F3O2/c1-3-5(2)6(11)12-4-7(8,9)10/h5H,3-4H2,1-2H3. The summed E-state index contributed by atoms with van der Waals surface area (Å²) in [5, 5.41) is 0. The minimum Gasteiger partial charge on any atom is -0.456 e. The second kappa shape index (κ2) is 4.33. The first-order valence-corrected chi connectivity index (χ1v) is 3.60.